The fourth-order valence-corrected chi connectivity index (χ4v) is 5.00. The molecule has 0 radical (unpaired) electrons. The van der Waals surface area contributed by atoms with Crippen LogP contribution in [-0.4, -0.2) is 59.1 Å². The highest BCUT2D eigenvalue weighted by molar-refractivity contribution is 7.89. The zero-order chi connectivity index (χ0) is 22.2. The molecule has 1 aliphatic rings. The number of nitrogens with zero attached hydrogens (tertiary/aromatic N) is 4. The van der Waals surface area contributed by atoms with Gasteiger partial charge in [0.05, 0.1) is 10.6 Å². The van der Waals surface area contributed by atoms with Crippen molar-refractivity contribution in [2.45, 2.75) is 4.90 Å². The number of piperazine rings is 1. The first kappa shape index (κ1) is 21.4. The van der Waals surface area contributed by atoms with Crippen LogP contribution >= 0.6 is 11.6 Å². The molecule has 2 aromatic heterocycles. The van der Waals surface area contributed by atoms with E-state index in [0.717, 1.165) is 16.4 Å². The molecule has 4 rings (SSSR count). The van der Waals surface area contributed by atoms with Crippen molar-refractivity contribution in [3.05, 3.63) is 71.2 Å². The first-order valence-electron chi connectivity index (χ1n) is 9.32. The molecule has 162 valence electrons. The van der Waals surface area contributed by atoms with Crippen molar-refractivity contribution in [2.24, 2.45) is 0 Å². The smallest absolute Gasteiger partial charge is 0.246 e. The summed E-state index contributed by atoms with van der Waals surface area (Å²) in [7, 11) is -3.99. The molecule has 1 fully saturated rings. The zero-order valence-electron chi connectivity index (χ0n) is 16.1. The molecule has 0 N–H and O–H groups in total. The minimum absolute atomic E-state index is 0.0390. The second kappa shape index (κ2) is 8.37. The predicted molar refractivity (Wildman–Crippen MR) is 111 cm³/mol. The Balaban J connectivity index is 1.43. The van der Waals surface area contributed by atoms with Gasteiger partial charge in [0.25, 0.3) is 0 Å². The van der Waals surface area contributed by atoms with Crippen molar-refractivity contribution in [2.75, 3.05) is 26.2 Å². The number of fused-ring (bicyclic) bond motifs is 1. The number of amides is 1. The summed E-state index contributed by atoms with van der Waals surface area (Å²) in [5.74, 6) is -2.65. The number of hydrogen-bond acceptors (Lipinski definition) is 4. The van der Waals surface area contributed by atoms with Gasteiger partial charge in [0.1, 0.15) is 5.65 Å². The number of pyridine rings is 1. The lowest BCUT2D eigenvalue weighted by Crippen LogP contribution is -2.50. The Bertz CT molecular complexity index is 1280. The van der Waals surface area contributed by atoms with Crippen LogP contribution in [0.25, 0.3) is 11.7 Å². The predicted octanol–water partition coefficient (Wildman–Crippen LogP) is 2.81. The third kappa shape index (κ3) is 4.18. The van der Waals surface area contributed by atoms with E-state index in [0.29, 0.717) is 17.4 Å². The van der Waals surface area contributed by atoms with Crippen molar-refractivity contribution in [3.63, 3.8) is 0 Å². The number of rotatable bonds is 4. The summed E-state index contributed by atoms with van der Waals surface area (Å²) in [4.78, 5) is 17.9. The highest BCUT2D eigenvalue weighted by Crippen LogP contribution is 2.21. The van der Waals surface area contributed by atoms with Crippen molar-refractivity contribution in [1.82, 2.24) is 18.6 Å². The van der Waals surface area contributed by atoms with E-state index >= 15 is 0 Å². The molecule has 0 aliphatic carbocycles. The summed E-state index contributed by atoms with van der Waals surface area (Å²) >= 11 is 6.15. The molecule has 0 spiro atoms. The lowest BCUT2D eigenvalue weighted by molar-refractivity contribution is -0.127. The molecule has 0 atom stereocenters. The molecule has 7 nitrogen and oxygen atoms in total. The van der Waals surface area contributed by atoms with E-state index in [1.54, 1.807) is 22.7 Å². The SMILES string of the molecule is O=C(/C=C/c1c(Cl)nc2ccccn12)N1CCN(S(=O)(=O)c2ccc(F)c(F)c2)CC1. The molecule has 1 saturated heterocycles. The van der Waals surface area contributed by atoms with E-state index in [-0.39, 0.29) is 42.1 Å². The number of benzene rings is 1. The average Bonchev–Trinajstić information content (AvgIpc) is 3.08. The fourth-order valence-electron chi connectivity index (χ4n) is 3.33. The number of sulfonamides is 1. The van der Waals surface area contributed by atoms with Crippen molar-refractivity contribution >= 4 is 39.3 Å². The first-order valence-corrected chi connectivity index (χ1v) is 11.1. The van der Waals surface area contributed by atoms with Crippen LogP contribution in [0.15, 0.2) is 53.6 Å². The molecule has 1 amide bonds. The second-order valence-electron chi connectivity index (χ2n) is 6.86. The minimum Gasteiger partial charge on any atom is -0.337 e. The quantitative estimate of drug-likeness (QED) is 0.554. The van der Waals surface area contributed by atoms with Crippen molar-refractivity contribution in [3.8, 4) is 0 Å². The van der Waals surface area contributed by atoms with Gasteiger partial charge in [-0.25, -0.2) is 22.2 Å². The van der Waals surface area contributed by atoms with Crippen molar-refractivity contribution < 1.29 is 22.0 Å². The molecule has 0 unspecified atom stereocenters. The molecule has 3 aromatic rings. The van der Waals surface area contributed by atoms with Gasteiger partial charge in [0.2, 0.25) is 15.9 Å². The third-order valence-electron chi connectivity index (χ3n) is 4.98. The van der Waals surface area contributed by atoms with Gasteiger partial charge in [-0.3, -0.25) is 9.20 Å². The summed E-state index contributed by atoms with van der Waals surface area (Å²) in [6.45, 7) is 0.397. The highest BCUT2D eigenvalue weighted by Gasteiger charge is 2.30. The van der Waals surface area contributed by atoms with Crippen LogP contribution < -0.4 is 0 Å². The number of aromatic nitrogens is 2. The molecule has 11 heteroatoms. The zero-order valence-corrected chi connectivity index (χ0v) is 17.7. The van der Waals surface area contributed by atoms with Crippen LogP contribution in [0.3, 0.4) is 0 Å². The van der Waals surface area contributed by atoms with E-state index in [1.807, 2.05) is 12.1 Å². The molecule has 1 aliphatic heterocycles. The van der Waals surface area contributed by atoms with Crippen LogP contribution in [-0.2, 0) is 14.8 Å². The van der Waals surface area contributed by atoms with E-state index in [1.165, 1.54) is 11.0 Å². The lowest BCUT2D eigenvalue weighted by atomic mass is 10.3. The maximum absolute atomic E-state index is 13.4. The van der Waals surface area contributed by atoms with Crippen LogP contribution in [0.5, 0.6) is 0 Å². The van der Waals surface area contributed by atoms with E-state index in [4.69, 9.17) is 11.6 Å². The van der Waals surface area contributed by atoms with Crippen LogP contribution in [0, 0.1) is 11.6 Å². The van der Waals surface area contributed by atoms with Gasteiger partial charge in [0.15, 0.2) is 16.8 Å². The normalized spacial score (nSPS) is 15.8. The van der Waals surface area contributed by atoms with Crippen LogP contribution in [0.4, 0.5) is 8.78 Å². The maximum Gasteiger partial charge on any atom is 0.246 e. The molecule has 0 bridgehead atoms. The Kier molecular flexibility index (Phi) is 5.78. The van der Waals surface area contributed by atoms with E-state index in [9.17, 15) is 22.0 Å². The fraction of sp³-hybridized carbons (Fsp3) is 0.200. The Morgan fingerprint density at radius 1 is 1.06 bits per heavy atom. The topological polar surface area (TPSA) is 75.0 Å². The number of imidazole rings is 1. The van der Waals surface area contributed by atoms with Gasteiger partial charge in [-0.05, 0) is 36.4 Å². The highest BCUT2D eigenvalue weighted by atomic mass is 35.5. The monoisotopic (exact) mass is 466 g/mol. The van der Waals surface area contributed by atoms with Gasteiger partial charge in [0, 0.05) is 38.5 Å². The van der Waals surface area contributed by atoms with Gasteiger partial charge < -0.3 is 4.90 Å². The summed E-state index contributed by atoms with van der Waals surface area (Å²) in [6.07, 6.45) is 4.71. The number of carbonyl (C=O) groups is 1. The Hall–Kier alpha value is -2.82. The largest absolute Gasteiger partial charge is 0.337 e. The van der Waals surface area contributed by atoms with E-state index in [2.05, 4.69) is 4.98 Å². The summed E-state index contributed by atoms with van der Waals surface area (Å²) in [6, 6.07) is 7.88. The molecule has 0 saturated carbocycles. The van der Waals surface area contributed by atoms with Gasteiger partial charge >= 0.3 is 0 Å². The average molecular weight is 467 g/mol. The Morgan fingerprint density at radius 2 is 1.81 bits per heavy atom. The van der Waals surface area contributed by atoms with Gasteiger partial charge in [-0.1, -0.05) is 17.7 Å². The number of halogens is 3. The summed E-state index contributed by atoms with van der Waals surface area (Å²) < 4.78 is 54.8. The van der Waals surface area contributed by atoms with E-state index < -0.39 is 21.7 Å². The number of carbonyl (C=O) groups excluding carboxylic acids is 1. The summed E-state index contributed by atoms with van der Waals surface area (Å²) in [5, 5.41) is 0.262. The lowest BCUT2D eigenvalue weighted by Gasteiger charge is -2.33. The third-order valence-corrected chi connectivity index (χ3v) is 7.16. The summed E-state index contributed by atoms with van der Waals surface area (Å²) in [5.41, 5.74) is 1.21. The van der Waals surface area contributed by atoms with Crippen LogP contribution in [0.1, 0.15) is 5.69 Å². The molecular formula is C20H17ClF2N4O3S. The number of hydrogen-bond donors (Lipinski definition) is 0. The van der Waals surface area contributed by atoms with Gasteiger partial charge in [-0.2, -0.15) is 4.31 Å². The first-order chi connectivity index (χ1) is 14.8. The Labute approximate surface area is 182 Å². The van der Waals surface area contributed by atoms with Crippen LogP contribution in [0.2, 0.25) is 5.15 Å². The second-order valence-corrected chi connectivity index (χ2v) is 9.15. The molecule has 3 heterocycles. The molecule has 31 heavy (non-hydrogen) atoms. The van der Waals surface area contributed by atoms with Crippen molar-refractivity contribution in [1.29, 1.82) is 0 Å². The Morgan fingerprint density at radius 3 is 2.52 bits per heavy atom. The van der Waals surface area contributed by atoms with Gasteiger partial charge in [-0.15, -0.1) is 0 Å². The standard InChI is InChI=1S/C20H17ClF2N4O3S/c21-20-17(27-8-2-1-3-18(27)24-20)6-7-19(28)25-9-11-26(12-10-25)31(29,30)14-4-5-15(22)16(23)13-14/h1-8,13H,9-12H2/b7-6+. The minimum atomic E-state index is -3.99. The molecular weight excluding hydrogens is 450 g/mol. The maximum atomic E-state index is 13.4. The molecule has 1 aromatic carbocycles.